The lowest BCUT2D eigenvalue weighted by Gasteiger charge is -2.15. The van der Waals surface area contributed by atoms with Crippen molar-refractivity contribution in [3.05, 3.63) is 58.4 Å². The van der Waals surface area contributed by atoms with Gasteiger partial charge in [0.05, 0.1) is 23.8 Å². The maximum atomic E-state index is 13.1. The second-order valence-corrected chi connectivity index (χ2v) is 6.62. The highest BCUT2D eigenvalue weighted by molar-refractivity contribution is 5.86. The molecular weight excluding hydrogens is 360 g/mol. The van der Waals surface area contributed by atoms with Crippen LogP contribution in [0.1, 0.15) is 41.7 Å². The number of rotatable bonds is 4. The smallest absolute Gasteiger partial charge is 0.356 e. The Kier molecular flexibility index (Phi) is 4.56. The van der Waals surface area contributed by atoms with Gasteiger partial charge < -0.3 is 5.11 Å². The van der Waals surface area contributed by atoms with Gasteiger partial charge in [-0.2, -0.15) is 9.78 Å². The zero-order valence-corrected chi connectivity index (χ0v) is 15.2. The van der Waals surface area contributed by atoms with Crippen molar-refractivity contribution in [3.63, 3.8) is 0 Å². The van der Waals surface area contributed by atoms with E-state index in [1.807, 2.05) is 6.08 Å². The van der Waals surface area contributed by atoms with Gasteiger partial charge in [-0.1, -0.05) is 11.3 Å². The number of aromatic carboxylic acids is 1. The van der Waals surface area contributed by atoms with Gasteiger partial charge in [-0.25, -0.2) is 9.48 Å². The van der Waals surface area contributed by atoms with E-state index in [1.54, 1.807) is 30.2 Å². The number of aromatic nitrogens is 6. The summed E-state index contributed by atoms with van der Waals surface area (Å²) in [6.07, 6.45) is 10.4. The van der Waals surface area contributed by atoms with Gasteiger partial charge >= 0.3 is 5.97 Å². The molecule has 0 saturated carbocycles. The third-order valence-corrected chi connectivity index (χ3v) is 4.75. The van der Waals surface area contributed by atoms with Crippen LogP contribution < -0.4 is 5.56 Å². The normalized spacial score (nSPS) is 14.0. The van der Waals surface area contributed by atoms with Crippen LogP contribution in [-0.2, 0) is 7.05 Å². The number of carbonyl (C=O) groups is 1. The predicted molar refractivity (Wildman–Crippen MR) is 101 cm³/mol. The van der Waals surface area contributed by atoms with Crippen molar-refractivity contribution in [3.8, 4) is 16.9 Å². The molecule has 0 atom stereocenters. The van der Waals surface area contributed by atoms with Crippen molar-refractivity contribution >= 4 is 11.5 Å². The molecule has 0 radical (unpaired) electrons. The summed E-state index contributed by atoms with van der Waals surface area (Å²) in [6.45, 7) is 0. The predicted octanol–water partition coefficient (Wildman–Crippen LogP) is 2.08. The molecule has 1 N–H and O–H groups in total. The first-order valence-electron chi connectivity index (χ1n) is 8.92. The van der Waals surface area contributed by atoms with E-state index in [1.165, 1.54) is 12.3 Å². The Hall–Kier alpha value is -3.62. The Bertz CT molecular complexity index is 1140. The first-order valence-corrected chi connectivity index (χ1v) is 8.92. The summed E-state index contributed by atoms with van der Waals surface area (Å²) in [4.78, 5) is 28.9. The van der Waals surface area contributed by atoms with Crippen molar-refractivity contribution < 1.29 is 9.90 Å². The van der Waals surface area contributed by atoms with Gasteiger partial charge in [0.1, 0.15) is 0 Å². The lowest BCUT2D eigenvalue weighted by Crippen LogP contribution is -2.27. The van der Waals surface area contributed by atoms with Gasteiger partial charge in [0.2, 0.25) is 0 Å². The molecule has 1 aliphatic rings. The topological polar surface area (TPSA) is 116 Å². The Morgan fingerprint density at radius 1 is 1.18 bits per heavy atom. The molecule has 28 heavy (non-hydrogen) atoms. The number of nitrogens with zero attached hydrogens (tertiary/aromatic N) is 6. The minimum atomic E-state index is -1.19. The fourth-order valence-electron chi connectivity index (χ4n) is 3.32. The van der Waals surface area contributed by atoms with Crippen LogP contribution in [0.3, 0.4) is 0 Å². The van der Waals surface area contributed by atoms with Gasteiger partial charge in [-0.15, -0.1) is 5.10 Å². The average molecular weight is 378 g/mol. The summed E-state index contributed by atoms with van der Waals surface area (Å²) in [7, 11) is 1.75. The first kappa shape index (κ1) is 17.8. The number of aryl methyl sites for hydroxylation is 1. The monoisotopic (exact) mass is 378 g/mol. The maximum absolute atomic E-state index is 13.1. The third-order valence-electron chi connectivity index (χ3n) is 4.75. The SMILES string of the molecule is Cn1nncc1-c1cncc(-n2nc(C(=O)O)cc(C3=CCCCC3)c2=O)c1. The Morgan fingerprint density at radius 3 is 2.71 bits per heavy atom. The largest absolute Gasteiger partial charge is 0.476 e. The summed E-state index contributed by atoms with van der Waals surface area (Å²) in [5.41, 5.74) is 2.48. The summed E-state index contributed by atoms with van der Waals surface area (Å²) < 4.78 is 2.69. The molecule has 9 heteroatoms. The van der Waals surface area contributed by atoms with Crippen LogP contribution >= 0.6 is 0 Å². The van der Waals surface area contributed by atoms with Gasteiger partial charge in [-0.05, 0) is 43.4 Å². The van der Waals surface area contributed by atoms with Crippen LogP contribution in [0.4, 0.5) is 0 Å². The van der Waals surface area contributed by atoms with Gasteiger partial charge in [0.25, 0.3) is 5.56 Å². The van der Waals surface area contributed by atoms with Crippen molar-refractivity contribution in [1.29, 1.82) is 0 Å². The molecule has 3 heterocycles. The van der Waals surface area contributed by atoms with E-state index < -0.39 is 5.97 Å². The van der Waals surface area contributed by atoms with E-state index in [0.717, 1.165) is 35.9 Å². The molecule has 0 bridgehead atoms. The van der Waals surface area contributed by atoms with Crippen LogP contribution in [-0.4, -0.2) is 40.8 Å². The van der Waals surface area contributed by atoms with Crippen molar-refractivity contribution in [2.24, 2.45) is 7.05 Å². The second kappa shape index (κ2) is 7.18. The van der Waals surface area contributed by atoms with Gasteiger partial charge in [0.15, 0.2) is 5.69 Å². The quantitative estimate of drug-likeness (QED) is 0.739. The molecule has 142 valence electrons. The van der Waals surface area contributed by atoms with Crippen LogP contribution in [0, 0.1) is 0 Å². The zero-order valence-electron chi connectivity index (χ0n) is 15.2. The molecular formula is C19H18N6O3. The molecule has 3 aromatic heterocycles. The molecule has 0 unspecified atom stereocenters. The van der Waals surface area contributed by atoms with E-state index in [0.29, 0.717) is 22.5 Å². The highest BCUT2D eigenvalue weighted by atomic mass is 16.4. The lowest BCUT2D eigenvalue weighted by molar-refractivity contribution is 0.0688. The Labute approximate surface area is 160 Å². The molecule has 3 aromatic rings. The van der Waals surface area contributed by atoms with E-state index in [-0.39, 0.29) is 11.3 Å². The lowest BCUT2D eigenvalue weighted by atomic mass is 9.94. The number of carboxylic acid groups (broad SMARTS) is 1. The fourth-order valence-corrected chi connectivity index (χ4v) is 3.32. The van der Waals surface area contributed by atoms with Crippen molar-refractivity contribution in [1.82, 2.24) is 29.8 Å². The van der Waals surface area contributed by atoms with E-state index >= 15 is 0 Å². The standard InChI is InChI=1S/C19H18N6O3/c1-24-17(11-21-23-24)13-7-14(10-20-9-13)25-18(26)15(8-16(22-25)19(27)28)12-5-3-2-4-6-12/h5,7-11H,2-4,6H2,1H3,(H,27,28). The average Bonchev–Trinajstić information content (AvgIpc) is 3.14. The van der Waals surface area contributed by atoms with E-state index in [4.69, 9.17) is 0 Å². The summed E-state index contributed by atoms with van der Waals surface area (Å²) >= 11 is 0. The highest BCUT2D eigenvalue weighted by Gasteiger charge is 2.19. The van der Waals surface area contributed by atoms with Gasteiger partial charge in [-0.3, -0.25) is 9.78 Å². The molecule has 0 aromatic carbocycles. The maximum Gasteiger partial charge on any atom is 0.356 e. The van der Waals surface area contributed by atoms with Gasteiger partial charge in [0, 0.05) is 24.4 Å². The summed E-state index contributed by atoms with van der Waals surface area (Å²) in [6, 6.07) is 3.07. The van der Waals surface area contributed by atoms with Crippen LogP contribution in [0.25, 0.3) is 22.5 Å². The summed E-state index contributed by atoms with van der Waals surface area (Å²) in [5.74, 6) is -1.19. The second-order valence-electron chi connectivity index (χ2n) is 6.62. The molecule has 9 nitrogen and oxygen atoms in total. The minimum Gasteiger partial charge on any atom is -0.476 e. The van der Waals surface area contributed by atoms with E-state index in [9.17, 15) is 14.7 Å². The molecule has 0 fully saturated rings. The number of carboxylic acids is 1. The van der Waals surface area contributed by atoms with E-state index in [2.05, 4.69) is 20.4 Å². The van der Waals surface area contributed by atoms with Crippen LogP contribution in [0.2, 0.25) is 0 Å². The Balaban J connectivity index is 1.89. The summed E-state index contributed by atoms with van der Waals surface area (Å²) in [5, 5.41) is 21.3. The molecule has 0 spiro atoms. The highest BCUT2D eigenvalue weighted by Crippen LogP contribution is 2.25. The minimum absolute atomic E-state index is 0.186. The first-order chi connectivity index (χ1) is 13.5. The van der Waals surface area contributed by atoms with Crippen molar-refractivity contribution in [2.75, 3.05) is 0 Å². The van der Waals surface area contributed by atoms with Crippen LogP contribution in [0.15, 0.2) is 41.6 Å². The number of hydrogen-bond acceptors (Lipinski definition) is 6. The van der Waals surface area contributed by atoms with Crippen molar-refractivity contribution in [2.45, 2.75) is 25.7 Å². The number of allylic oxidation sites excluding steroid dienone is 2. The third kappa shape index (κ3) is 3.22. The van der Waals surface area contributed by atoms with Crippen LogP contribution in [0.5, 0.6) is 0 Å². The molecule has 0 amide bonds. The zero-order chi connectivity index (χ0) is 19.7. The molecule has 4 rings (SSSR count). The number of hydrogen-bond donors (Lipinski definition) is 1. The fraction of sp³-hybridized carbons (Fsp3) is 0.263. The molecule has 0 aliphatic heterocycles. The molecule has 1 aliphatic carbocycles. The number of pyridine rings is 1. The Morgan fingerprint density at radius 2 is 2.04 bits per heavy atom. The molecule has 0 saturated heterocycles.